The number of furan rings is 1. The Hall–Kier alpha value is -3.45. The van der Waals surface area contributed by atoms with E-state index in [-0.39, 0.29) is 0 Å². The van der Waals surface area contributed by atoms with Crippen LogP contribution in [-0.2, 0) is 0 Å². The maximum absolute atomic E-state index is 7.44. The number of fused-ring (bicyclic) bond motifs is 7. The van der Waals surface area contributed by atoms with Gasteiger partial charge in [0.05, 0.1) is 0 Å². The van der Waals surface area contributed by atoms with Gasteiger partial charge in [-0.2, -0.15) is 0 Å². The smallest absolute Gasteiger partial charge is 0.143 e. The molecule has 1 nitrogen and oxygen atoms in total. The van der Waals surface area contributed by atoms with E-state index >= 15 is 0 Å². The second kappa shape index (κ2) is 14.0. The average molecular weight is 731 g/mol. The summed E-state index contributed by atoms with van der Waals surface area (Å²) in [5, 5.41) is 10.8. The van der Waals surface area contributed by atoms with Gasteiger partial charge in [-0.1, -0.05) is 71.0 Å². The highest BCUT2D eigenvalue weighted by atomic mass is 16.3. The Morgan fingerprint density at radius 1 is 0.153 bits per heavy atom. The van der Waals surface area contributed by atoms with Crippen molar-refractivity contribution in [2.75, 3.05) is 0 Å². The maximum Gasteiger partial charge on any atom is 0.143 e. The number of hydrogen-bond acceptors (Lipinski definition) is 1. The van der Waals surface area contributed by atoms with E-state index in [1.54, 1.807) is 0 Å². The van der Waals surface area contributed by atoms with Crippen molar-refractivity contribution in [2.45, 2.75) is 0 Å². The van der Waals surface area contributed by atoms with E-state index in [1.165, 1.54) is 186 Å². The Bertz CT molecular complexity index is 3240. The van der Waals surface area contributed by atoms with Gasteiger partial charge >= 0.3 is 0 Å². The van der Waals surface area contributed by atoms with Gasteiger partial charge in [0.2, 0.25) is 0 Å². The predicted molar refractivity (Wildman–Crippen MR) is 337 cm³/mol. The fourth-order valence-electron chi connectivity index (χ4n) is 11.5. The molecule has 8 rings (SSSR count). The minimum atomic E-state index is 1.03. The summed E-state index contributed by atoms with van der Waals surface area (Å²) in [6.45, 7) is 0. The molecular weight excluding hydrogens is 686 g/mol. The van der Waals surface area contributed by atoms with Crippen molar-refractivity contribution in [3.8, 4) is 22.3 Å². The lowest BCUT2D eigenvalue weighted by atomic mass is 9.56. The average Bonchev–Trinajstić information content (AvgIpc) is 3.60. The standard InChI is InChI=1S/C36H44B22O/c37-13-3-1(7-8-11-22(46)18(42)10-12(23(47)31(55)28(52)21(10)45)35(11)59-36(8)34(58)32(56)17(7)41)4-6(16(40)27(51)25(49)14(4)38)2(5(3)15(39)26(50)24(13)48)9-19(43)29(53)33(57)30(54)20(9)44/h37-58H2. The second-order valence-corrected chi connectivity index (χ2v) is 19.0. The van der Waals surface area contributed by atoms with Gasteiger partial charge in [-0.05, 0) is 49.2 Å². The zero-order valence-corrected chi connectivity index (χ0v) is 40.4. The molecule has 0 radical (unpaired) electrons. The monoisotopic (exact) mass is 735 g/mol. The van der Waals surface area contributed by atoms with Gasteiger partial charge in [0.15, 0.2) is 0 Å². The Labute approximate surface area is 371 Å². The molecule has 59 heavy (non-hydrogen) atoms. The summed E-state index contributed by atoms with van der Waals surface area (Å²) in [5.74, 6) is 0. The van der Waals surface area contributed by atoms with Crippen molar-refractivity contribution in [3.05, 3.63) is 0 Å². The van der Waals surface area contributed by atoms with Crippen molar-refractivity contribution >= 4 is 347 Å². The van der Waals surface area contributed by atoms with Crippen LogP contribution in [0.4, 0.5) is 0 Å². The molecule has 8 aromatic rings. The Morgan fingerprint density at radius 3 is 0.797 bits per heavy atom. The minimum absolute atomic E-state index is 1.03. The number of hydrogen-bond donors (Lipinski definition) is 0. The highest BCUT2D eigenvalue weighted by Gasteiger charge is 2.31. The summed E-state index contributed by atoms with van der Waals surface area (Å²) in [6, 6.07) is 0. The van der Waals surface area contributed by atoms with E-state index in [0.29, 0.717) is 0 Å². The first kappa shape index (κ1) is 42.2. The van der Waals surface area contributed by atoms with Crippen LogP contribution in [0.3, 0.4) is 0 Å². The van der Waals surface area contributed by atoms with E-state index in [9.17, 15) is 0 Å². The largest absolute Gasteiger partial charge is 0.456 e. The third kappa shape index (κ3) is 5.30. The van der Waals surface area contributed by atoms with Crippen LogP contribution in [0.1, 0.15) is 0 Å². The zero-order chi connectivity index (χ0) is 43.5. The normalized spacial score (nSPS) is 11.9. The van der Waals surface area contributed by atoms with Crippen molar-refractivity contribution < 1.29 is 4.42 Å². The first-order valence-corrected chi connectivity index (χ1v) is 21.9. The van der Waals surface area contributed by atoms with Crippen LogP contribution in [0.15, 0.2) is 4.42 Å². The summed E-state index contributed by atoms with van der Waals surface area (Å²) in [4.78, 5) is 0. The molecule has 0 fully saturated rings. The molecule has 260 valence electrons. The van der Waals surface area contributed by atoms with Crippen molar-refractivity contribution in [3.63, 3.8) is 0 Å². The predicted octanol–water partition coefficient (Wildman–Crippen LogP) is -27.9. The van der Waals surface area contributed by atoms with Crippen molar-refractivity contribution in [1.29, 1.82) is 0 Å². The van der Waals surface area contributed by atoms with E-state index < -0.39 is 0 Å². The zero-order valence-electron chi connectivity index (χ0n) is 40.4. The van der Waals surface area contributed by atoms with Gasteiger partial charge in [-0.25, -0.2) is 0 Å². The van der Waals surface area contributed by atoms with Crippen LogP contribution < -0.4 is 120 Å². The minimum Gasteiger partial charge on any atom is -0.456 e. The SMILES string of the molecule is Bc1c(B)c(B)c(-c2c3c(B)c(B)c(B)c(B)c3c(-c3c(B)c(B)c(B)c4oc5c6c(B)c(B)c(B)c(B)c6c(B)c(B)c5c34)c3c(B)c(B)c(B)c(B)c23)c(B)c1B. The lowest BCUT2D eigenvalue weighted by molar-refractivity contribution is 0.676. The van der Waals surface area contributed by atoms with Crippen LogP contribution in [0.5, 0.6) is 0 Å². The third-order valence-corrected chi connectivity index (χ3v) is 17.1. The molecule has 0 unspecified atom stereocenters. The molecule has 1 heterocycles. The molecule has 1 aromatic heterocycles. The van der Waals surface area contributed by atoms with Gasteiger partial charge in [-0.15, -0.1) is 49.2 Å². The molecule has 0 aliphatic rings. The van der Waals surface area contributed by atoms with E-state index in [1.807, 2.05) is 0 Å². The summed E-state index contributed by atoms with van der Waals surface area (Å²) in [5.41, 5.74) is 37.7. The molecule has 0 spiro atoms. The van der Waals surface area contributed by atoms with Gasteiger partial charge in [0.1, 0.15) is 184 Å². The summed E-state index contributed by atoms with van der Waals surface area (Å²) >= 11 is 0. The van der Waals surface area contributed by atoms with E-state index in [4.69, 9.17) is 4.42 Å². The molecule has 0 N–H and O–H groups in total. The fraction of sp³-hybridized carbons (Fsp3) is 0. The van der Waals surface area contributed by atoms with Crippen LogP contribution in [0.25, 0.3) is 76.5 Å². The Balaban J connectivity index is 1.81. The molecule has 0 saturated carbocycles. The van der Waals surface area contributed by atoms with Crippen LogP contribution in [0, 0.1) is 0 Å². The number of rotatable bonds is 2. The molecular formula is C36H44B22O. The van der Waals surface area contributed by atoms with Gasteiger partial charge in [0.25, 0.3) is 0 Å². The maximum atomic E-state index is 7.44. The first-order chi connectivity index (χ1) is 27.5. The number of benzene rings is 7. The highest BCUT2D eigenvalue weighted by molar-refractivity contribution is 6.76. The topological polar surface area (TPSA) is 13.1 Å². The molecule has 0 amide bonds. The fourth-order valence-corrected chi connectivity index (χ4v) is 11.5. The molecule has 23 heteroatoms. The van der Waals surface area contributed by atoms with Crippen molar-refractivity contribution in [2.24, 2.45) is 0 Å². The molecule has 0 atom stereocenters. The molecule has 0 aliphatic heterocycles. The van der Waals surface area contributed by atoms with Crippen LogP contribution in [-0.4, -0.2) is 173 Å². The summed E-state index contributed by atoms with van der Waals surface area (Å²) < 4.78 is 7.44. The van der Waals surface area contributed by atoms with Crippen LogP contribution >= 0.6 is 0 Å². The quantitative estimate of drug-likeness (QED) is 0.128. The van der Waals surface area contributed by atoms with Gasteiger partial charge in [-0.3, -0.25) is 0 Å². The van der Waals surface area contributed by atoms with E-state index in [0.717, 1.165) is 11.2 Å². The summed E-state index contributed by atoms with van der Waals surface area (Å²) in [7, 11) is 51.6. The lowest BCUT2D eigenvalue weighted by Gasteiger charge is -2.31. The van der Waals surface area contributed by atoms with Crippen LogP contribution in [0.2, 0.25) is 0 Å². The third-order valence-electron chi connectivity index (χ3n) is 17.1. The highest BCUT2D eigenvalue weighted by Crippen LogP contribution is 2.43. The Kier molecular flexibility index (Phi) is 10.1. The Morgan fingerprint density at radius 2 is 0.390 bits per heavy atom. The molecule has 0 bridgehead atoms. The van der Waals surface area contributed by atoms with E-state index in [2.05, 4.69) is 173 Å². The summed E-state index contributed by atoms with van der Waals surface area (Å²) in [6.07, 6.45) is 0. The van der Waals surface area contributed by atoms with Crippen molar-refractivity contribution in [1.82, 2.24) is 0 Å². The van der Waals surface area contributed by atoms with Gasteiger partial charge < -0.3 is 4.42 Å². The molecule has 7 aromatic carbocycles. The lowest BCUT2D eigenvalue weighted by Crippen LogP contribution is -2.55. The molecule has 0 saturated heterocycles. The second-order valence-electron chi connectivity index (χ2n) is 19.0. The van der Waals surface area contributed by atoms with Gasteiger partial charge in [0, 0.05) is 16.2 Å². The molecule has 0 aliphatic carbocycles. The first-order valence-electron chi connectivity index (χ1n) is 21.9.